The van der Waals surface area contributed by atoms with Gasteiger partial charge < -0.3 is 15.4 Å². The minimum absolute atomic E-state index is 0.672. The molecule has 0 unspecified atom stereocenters. The summed E-state index contributed by atoms with van der Waals surface area (Å²) in [6.45, 7) is 0.672. The van der Waals surface area contributed by atoms with Crippen LogP contribution < -0.4 is 15.4 Å². The van der Waals surface area contributed by atoms with Gasteiger partial charge in [0.2, 0.25) is 0 Å². The van der Waals surface area contributed by atoms with E-state index in [4.69, 9.17) is 10.5 Å². The average molecular weight is 256 g/mol. The van der Waals surface area contributed by atoms with Crippen LogP contribution in [-0.4, -0.2) is 20.6 Å². The van der Waals surface area contributed by atoms with Crippen molar-refractivity contribution >= 4 is 5.69 Å². The first-order valence-corrected chi connectivity index (χ1v) is 6.43. The van der Waals surface area contributed by atoms with Crippen LogP contribution in [0.5, 0.6) is 11.5 Å². The largest absolute Gasteiger partial charge is 0.457 e. The van der Waals surface area contributed by atoms with Crippen LogP contribution in [0.1, 0.15) is 5.56 Å². The second kappa shape index (κ2) is 6.25. The molecule has 0 atom stereocenters. The molecule has 0 saturated heterocycles. The lowest BCUT2D eigenvalue weighted by Crippen LogP contribution is -2.08. The molecule has 0 amide bonds. The fraction of sp³-hybridized carbons (Fsp3) is 0.250. The molecule has 0 aromatic heterocycles. The monoisotopic (exact) mass is 256 g/mol. The fourth-order valence-corrected chi connectivity index (χ4v) is 1.85. The summed E-state index contributed by atoms with van der Waals surface area (Å²) in [4.78, 5) is 2.05. The van der Waals surface area contributed by atoms with Crippen LogP contribution in [0.2, 0.25) is 0 Å². The molecule has 0 saturated carbocycles. The third-order valence-electron chi connectivity index (χ3n) is 2.93. The second-order valence-corrected chi connectivity index (χ2v) is 4.68. The summed E-state index contributed by atoms with van der Waals surface area (Å²) < 4.78 is 5.84. The molecule has 0 aliphatic rings. The lowest BCUT2D eigenvalue weighted by molar-refractivity contribution is 0.482. The molecule has 19 heavy (non-hydrogen) atoms. The Kier molecular flexibility index (Phi) is 4.42. The van der Waals surface area contributed by atoms with Crippen LogP contribution in [0.4, 0.5) is 5.69 Å². The Morgan fingerprint density at radius 3 is 2.37 bits per heavy atom. The fourth-order valence-electron chi connectivity index (χ4n) is 1.85. The van der Waals surface area contributed by atoms with Crippen molar-refractivity contribution in [1.29, 1.82) is 0 Å². The molecule has 3 heteroatoms. The van der Waals surface area contributed by atoms with Crippen molar-refractivity contribution in [2.24, 2.45) is 5.73 Å². The minimum atomic E-state index is 0.672. The van der Waals surface area contributed by atoms with Gasteiger partial charge in [-0.05, 0) is 42.8 Å². The number of benzene rings is 2. The van der Waals surface area contributed by atoms with Crippen LogP contribution in [0.3, 0.4) is 0 Å². The van der Waals surface area contributed by atoms with E-state index in [1.807, 2.05) is 44.4 Å². The molecule has 0 aliphatic heterocycles. The van der Waals surface area contributed by atoms with Gasteiger partial charge in [0.25, 0.3) is 0 Å². The quantitative estimate of drug-likeness (QED) is 0.893. The summed E-state index contributed by atoms with van der Waals surface area (Å²) in [5, 5.41) is 0. The molecule has 100 valence electrons. The highest BCUT2D eigenvalue weighted by atomic mass is 16.5. The van der Waals surface area contributed by atoms with E-state index in [2.05, 4.69) is 23.1 Å². The number of ether oxygens (including phenoxy) is 1. The van der Waals surface area contributed by atoms with Gasteiger partial charge in [0.1, 0.15) is 11.5 Å². The van der Waals surface area contributed by atoms with Crippen LogP contribution in [0.25, 0.3) is 0 Å². The highest BCUT2D eigenvalue weighted by Gasteiger charge is 2.00. The van der Waals surface area contributed by atoms with Gasteiger partial charge >= 0.3 is 0 Å². The van der Waals surface area contributed by atoms with Gasteiger partial charge in [-0.25, -0.2) is 0 Å². The molecular weight excluding hydrogens is 236 g/mol. The summed E-state index contributed by atoms with van der Waals surface area (Å²) in [6, 6.07) is 16.1. The Bertz CT molecular complexity index is 521. The third-order valence-corrected chi connectivity index (χ3v) is 2.93. The number of anilines is 1. The van der Waals surface area contributed by atoms with Crippen molar-refractivity contribution in [3.8, 4) is 11.5 Å². The van der Waals surface area contributed by atoms with Gasteiger partial charge in [0.05, 0.1) is 0 Å². The van der Waals surface area contributed by atoms with E-state index in [1.54, 1.807) is 0 Å². The first-order valence-electron chi connectivity index (χ1n) is 6.43. The van der Waals surface area contributed by atoms with Crippen LogP contribution >= 0.6 is 0 Å². The van der Waals surface area contributed by atoms with Crippen LogP contribution in [-0.2, 0) is 6.42 Å². The van der Waals surface area contributed by atoms with Gasteiger partial charge in [-0.2, -0.15) is 0 Å². The van der Waals surface area contributed by atoms with Gasteiger partial charge in [0, 0.05) is 25.8 Å². The van der Waals surface area contributed by atoms with Gasteiger partial charge in [-0.1, -0.05) is 18.2 Å². The number of hydrogen-bond donors (Lipinski definition) is 1. The molecule has 0 fully saturated rings. The predicted molar refractivity (Wildman–Crippen MR) is 80.0 cm³/mol. The molecule has 0 spiro atoms. The maximum absolute atomic E-state index is 5.84. The van der Waals surface area contributed by atoms with Crippen molar-refractivity contribution in [2.45, 2.75) is 6.42 Å². The first-order chi connectivity index (χ1) is 9.19. The van der Waals surface area contributed by atoms with Gasteiger partial charge in [0.15, 0.2) is 0 Å². The number of nitrogens with zero attached hydrogens (tertiary/aromatic N) is 1. The maximum Gasteiger partial charge on any atom is 0.129 e. The SMILES string of the molecule is CN(C)c1cccc(Oc2ccc(CCN)cc2)c1. The molecular formula is C16H20N2O. The zero-order chi connectivity index (χ0) is 13.7. The van der Waals surface area contributed by atoms with Crippen molar-refractivity contribution in [3.63, 3.8) is 0 Å². The minimum Gasteiger partial charge on any atom is -0.457 e. The van der Waals surface area contributed by atoms with Gasteiger partial charge in [-0.15, -0.1) is 0 Å². The second-order valence-electron chi connectivity index (χ2n) is 4.68. The lowest BCUT2D eigenvalue weighted by Gasteiger charge is -2.14. The molecule has 0 aliphatic carbocycles. The van der Waals surface area contributed by atoms with E-state index >= 15 is 0 Å². The molecule has 2 aromatic carbocycles. The maximum atomic E-state index is 5.84. The predicted octanol–water partition coefficient (Wildman–Crippen LogP) is 3.05. The third kappa shape index (κ3) is 3.73. The summed E-state index contributed by atoms with van der Waals surface area (Å²) >= 11 is 0. The molecule has 0 bridgehead atoms. The Morgan fingerprint density at radius 2 is 1.74 bits per heavy atom. The highest BCUT2D eigenvalue weighted by molar-refractivity contribution is 5.50. The van der Waals surface area contributed by atoms with E-state index in [-0.39, 0.29) is 0 Å². The number of nitrogens with two attached hydrogens (primary N) is 1. The molecule has 2 aromatic rings. The van der Waals surface area contributed by atoms with E-state index < -0.39 is 0 Å². The molecule has 0 heterocycles. The Morgan fingerprint density at radius 1 is 1.00 bits per heavy atom. The van der Waals surface area contributed by atoms with Crippen LogP contribution in [0.15, 0.2) is 48.5 Å². The topological polar surface area (TPSA) is 38.5 Å². The van der Waals surface area contributed by atoms with Crippen molar-refractivity contribution < 1.29 is 4.74 Å². The zero-order valence-corrected chi connectivity index (χ0v) is 11.5. The van der Waals surface area contributed by atoms with E-state index in [0.717, 1.165) is 23.6 Å². The standard InChI is InChI=1S/C16H20N2O/c1-18(2)14-4-3-5-16(12-14)19-15-8-6-13(7-9-15)10-11-17/h3-9,12H,10-11,17H2,1-2H3. The summed E-state index contributed by atoms with van der Waals surface area (Å²) in [5.41, 5.74) is 7.89. The van der Waals surface area contributed by atoms with E-state index in [1.165, 1.54) is 5.56 Å². The number of rotatable bonds is 5. The highest BCUT2D eigenvalue weighted by Crippen LogP contribution is 2.25. The van der Waals surface area contributed by atoms with Crippen LogP contribution in [0, 0.1) is 0 Å². The van der Waals surface area contributed by atoms with Crippen molar-refractivity contribution in [1.82, 2.24) is 0 Å². The first kappa shape index (κ1) is 13.4. The average Bonchev–Trinajstić information content (AvgIpc) is 2.42. The molecule has 2 N–H and O–H groups in total. The van der Waals surface area contributed by atoms with Crippen molar-refractivity contribution in [3.05, 3.63) is 54.1 Å². The summed E-state index contributed by atoms with van der Waals surface area (Å²) in [5.74, 6) is 1.69. The Balaban J connectivity index is 2.10. The normalized spacial score (nSPS) is 10.3. The van der Waals surface area contributed by atoms with E-state index in [0.29, 0.717) is 6.54 Å². The molecule has 3 nitrogen and oxygen atoms in total. The Hall–Kier alpha value is -2.00. The molecule has 2 rings (SSSR count). The number of hydrogen-bond acceptors (Lipinski definition) is 3. The van der Waals surface area contributed by atoms with E-state index in [9.17, 15) is 0 Å². The van der Waals surface area contributed by atoms with Gasteiger partial charge in [-0.3, -0.25) is 0 Å². The summed E-state index contributed by atoms with van der Waals surface area (Å²) in [7, 11) is 4.03. The smallest absolute Gasteiger partial charge is 0.129 e. The Labute approximate surface area is 114 Å². The zero-order valence-electron chi connectivity index (χ0n) is 11.5. The lowest BCUT2D eigenvalue weighted by atomic mass is 10.1. The molecule has 0 radical (unpaired) electrons. The summed E-state index contributed by atoms with van der Waals surface area (Å²) in [6.07, 6.45) is 0.899. The van der Waals surface area contributed by atoms with Crippen molar-refractivity contribution in [2.75, 3.05) is 25.5 Å².